The molecule has 0 saturated carbocycles. The van der Waals surface area contributed by atoms with Crippen molar-refractivity contribution in [2.24, 2.45) is 0 Å². The Morgan fingerprint density at radius 2 is 1.67 bits per heavy atom. The van der Waals surface area contributed by atoms with Gasteiger partial charge in [0.1, 0.15) is 0 Å². The van der Waals surface area contributed by atoms with Crippen molar-refractivity contribution in [3.8, 4) is 0 Å². The summed E-state index contributed by atoms with van der Waals surface area (Å²) in [5.41, 5.74) is 2.27. The number of hydrogen-bond donors (Lipinski definition) is 0. The van der Waals surface area contributed by atoms with Gasteiger partial charge in [0.15, 0.2) is 5.78 Å². The molecule has 1 aliphatic rings. The second-order valence-electron chi connectivity index (χ2n) is 3.85. The monoisotopic (exact) mass is 220 g/mol. The summed E-state index contributed by atoms with van der Waals surface area (Å²) in [5.74, 6) is 0.248. The van der Waals surface area contributed by atoms with Crippen LogP contribution in [0, 0.1) is 0 Å². The molecule has 0 fully saturated rings. The van der Waals surface area contributed by atoms with Gasteiger partial charge in [-0.25, -0.2) is 0 Å². The molecule has 15 heavy (non-hydrogen) atoms. The van der Waals surface area contributed by atoms with Crippen LogP contribution in [0.3, 0.4) is 0 Å². The van der Waals surface area contributed by atoms with E-state index in [0.29, 0.717) is 6.42 Å². The van der Waals surface area contributed by atoms with Crippen LogP contribution in [0.4, 0.5) is 0 Å². The minimum Gasteiger partial charge on any atom is -0.295 e. The molecule has 0 N–H and O–H groups in total. The van der Waals surface area contributed by atoms with Crippen LogP contribution < -0.4 is 0 Å². The molecule has 0 atom stereocenters. The Hall–Kier alpha value is -1.08. The highest BCUT2D eigenvalue weighted by molar-refractivity contribution is 6.30. The van der Waals surface area contributed by atoms with E-state index in [0.717, 1.165) is 35.4 Å². The van der Waals surface area contributed by atoms with Gasteiger partial charge in [-0.2, -0.15) is 0 Å². The van der Waals surface area contributed by atoms with Crippen LogP contribution in [0.1, 0.15) is 31.2 Å². The van der Waals surface area contributed by atoms with Gasteiger partial charge in [-0.05, 0) is 48.6 Å². The molecule has 1 aromatic carbocycles. The minimum absolute atomic E-state index is 0.248. The van der Waals surface area contributed by atoms with Crippen LogP contribution in [0.15, 0.2) is 30.3 Å². The Labute approximate surface area is 94.8 Å². The van der Waals surface area contributed by atoms with Crippen molar-refractivity contribution in [2.75, 3.05) is 0 Å². The van der Waals surface area contributed by atoms with Crippen LogP contribution >= 0.6 is 11.6 Å². The molecule has 0 amide bonds. The van der Waals surface area contributed by atoms with Crippen molar-refractivity contribution >= 4 is 23.0 Å². The molecule has 0 aromatic heterocycles. The van der Waals surface area contributed by atoms with E-state index in [1.54, 1.807) is 6.08 Å². The van der Waals surface area contributed by atoms with E-state index < -0.39 is 0 Å². The first kappa shape index (κ1) is 10.4. The molecule has 0 unspecified atom stereocenters. The zero-order valence-corrected chi connectivity index (χ0v) is 9.26. The molecular formula is C13H13ClO. The highest BCUT2D eigenvalue weighted by Gasteiger charge is 2.09. The molecular weight excluding hydrogens is 208 g/mol. The summed E-state index contributed by atoms with van der Waals surface area (Å²) in [6, 6.07) is 7.69. The standard InChI is InChI=1S/C13H13ClO/c14-12-7-5-10(6-8-12)11-3-1-2-4-13(15)9-11/h5-9H,1-4H2. The van der Waals surface area contributed by atoms with E-state index in [-0.39, 0.29) is 5.78 Å². The molecule has 1 aromatic rings. The first-order valence-corrected chi connectivity index (χ1v) is 5.63. The van der Waals surface area contributed by atoms with E-state index >= 15 is 0 Å². The average Bonchev–Trinajstić information content (AvgIpc) is 2.44. The van der Waals surface area contributed by atoms with E-state index in [9.17, 15) is 4.79 Å². The molecule has 0 saturated heterocycles. The molecule has 2 heteroatoms. The number of carbonyl (C=O) groups excluding carboxylic acids is 1. The van der Waals surface area contributed by atoms with Crippen LogP contribution in [0.2, 0.25) is 5.02 Å². The zero-order chi connectivity index (χ0) is 10.7. The predicted molar refractivity (Wildman–Crippen MR) is 62.9 cm³/mol. The van der Waals surface area contributed by atoms with Gasteiger partial charge in [-0.15, -0.1) is 0 Å². The van der Waals surface area contributed by atoms with E-state index in [1.807, 2.05) is 24.3 Å². The maximum absolute atomic E-state index is 11.4. The van der Waals surface area contributed by atoms with Gasteiger partial charge < -0.3 is 0 Å². The molecule has 0 aliphatic heterocycles. The molecule has 2 rings (SSSR count). The molecule has 0 heterocycles. The van der Waals surface area contributed by atoms with Crippen molar-refractivity contribution in [1.82, 2.24) is 0 Å². The molecule has 1 nitrogen and oxygen atoms in total. The molecule has 78 valence electrons. The lowest BCUT2D eigenvalue weighted by Gasteiger charge is -2.04. The summed E-state index contributed by atoms with van der Waals surface area (Å²) in [7, 11) is 0. The van der Waals surface area contributed by atoms with Gasteiger partial charge in [0.2, 0.25) is 0 Å². The summed E-state index contributed by atoms with van der Waals surface area (Å²) < 4.78 is 0. The van der Waals surface area contributed by atoms with Gasteiger partial charge in [-0.3, -0.25) is 4.79 Å². The van der Waals surface area contributed by atoms with Gasteiger partial charge in [0.25, 0.3) is 0 Å². The quantitative estimate of drug-likeness (QED) is 0.702. The highest BCUT2D eigenvalue weighted by atomic mass is 35.5. The second-order valence-corrected chi connectivity index (χ2v) is 4.29. The summed E-state index contributed by atoms with van der Waals surface area (Å²) in [6.45, 7) is 0. The Morgan fingerprint density at radius 1 is 1.00 bits per heavy atom. The number of halogens is 1. The molecule has 0 bridgehead atoms. The number of carbonyl (C=O) groups is 1. The fourth-order valence-electron chi connectivity index (χ4n) is 1.84. The van der Waals surface area contributed by atoms with E-state index in [4.69, 9.17) is 11.6 Å². The number of ketones is 1. The third-order valence-corrected chi connectivity index (χ3v) is 2.92. The molecule has 0 spiro atoms. The molecule has 1 aliphatic carbocycles. The lowest BCUT2D eigenvalue weighted by molar-refractivity contribution is -0.114. The summed E-state index contributed by atoms with van der Waals surface area (Å²) in [6.07, 6.45) is 5.58. The van der Waals surface area contributed by atoms with Crippen molar-refractivity contribution in [1.29, 1.82) is 0 Å². The van der Waals surface area contributed by atoms with Gasteiger partial charge in [0, 0.05) is 11.4 Å². The van der Waals surface area contributed by atoms with Crippen molar-refractivity contribution in [3.63, 3.8) is 0 Å². The van der Waals surface area contributed by atoms with Crippen molar-refractivity contribution < 1.29 is 4.79 Å². The number of allylic oxidation sites excluding steroid dienone is 2. The first-order chi connectivity index (χ1) is 7.25. The van der Waals surface area contributed by atoms with Gasteiger partial charge in [0.05, 0.1) is 0 Å². The Bertz CT molecular complexity index is 390. The SMILES string of the molecule is O=C1C=C(c2ccc(Cl)cc2)CCCC1. The van der Waals surface area contributed by atoms with Crippen LogP contribution in [0.25, 0.3) is 5.57 Å². The maximum atomic E-state index is 11.4. The third kappa shape index (κ3) is 2.69. The lowest BCUT2D eigenvalue weighted by atomic mass is 10.0. The zero-order valence-electron chi connectivity index (χ0n) is 8.50. The lowest BCUT2D eigenvalue weighted by Crippen LogP contribution is -1.90. The fourth-order valence-corrected chi connectivity index (χ4v) is 1.97. The number of rotatable bonds is 1. The predicted octanol–water partition coefficient (Wildman–Crippen LogP) is 3.87. The van der Waals surface area contributed by atoms with Crippen molar-refractivity contribution in [3.05, 3.63) is 40.9 Å². The number of benzene rings is 1. The smallest absolute Gasteiger partial charge is 0.155 e. The summed E-state index contributed by atoms with van der Waals surface area (Å²) in [5, 5.41) is 0.735. The highest BCUT2D eigenvalue weighted by Crippen LogP contribution is 2.25. The fraction of sp³-hybridized carbons (Fsp3) is 0.308. The Balaban J connectivity index is 2.28. The van der Waals surface area contributed by atoms with Gasteiger partial charge >= 0.3 is 0 Å². The van der Waals surface area contributed by atoms with E-state index in [1.165, 1.54) is 0 Å². The molecule has 0 radical (unpaired) electrons. The largest absolute Gasteiger partial charge is 0.295 e. The number of hydrogen-bond acceptors (Lipinski definition) is 1. The second kappa shape index (κ2) is 4.63. The van der Waals surface area contributed by atoms with Crippen LogP contribution in [0.5, 0.6) is 0 Å². The van der Waals surface area contributed by atoms with Gasteiger partial charge in [-0.1, -0.05) is 23.7 Å². The third-order valence-electron chi connectivity index (χ3n) is 2.67. The van der Waals surface area contributed by atoms with Crippen LogP contribution in [-0.4, -0.2) is 5.78 Å². The Kier molecular flexibility index (Phi) is 3.22. The Morgan fingerprint density at radius 3 is 2.40 bits per heavy atom. The van der Waals surface area contributed by atoms with Crippen LogP contribution in [-0.2, 0) is 4.79 Å². The topological polar surface area (TPSA) is 17.1 Å². The van der Waals surface area contributed by atoms with Crippen molar-refractivity contribution in [2.45, 2.75) is 25.7 Å². The first-order valence-electron chi connectivity index (χ1n) is 5.25. The normalized spacial score (nSPS) is 17.1. The summed E-state index contributed by atoms with van der Waals surface area (Å²) in [4.78, 5) is 11.4. The van der Waals surface area contributed by atoms with E-state index in [2.05, 4.69) is 0 Å². The summed E-state index contributed by atoms with van der Waals surface area (Å²) >= 11 is 5.83. The maximum Gasteiger partial charge on any atom is 0.155 e. The minimum atomic E-state index is 0.248. The average molecular weight is 221 g/mol.